The van der Waals surface area contributed by atoms with Gasteiger partial charge in [0.25, 0.3) is 5.91 Å². The van der Waals surface area contributed by atoms with Crippen molar-refractivity contribution in [1.82, 2.24) is 19.9 Å². The van der Waals surface area contributed by atoms with Gasteiger partial charge in [-0.1, -0.05) is 0 Å². The monoisotopic (exact) mass is 494 g/mol. The quantitative estimate of drug-likeness (QED) is 0.401. The van der Waals surface area contributed by atoms with Crippen molar-refractivity contribution in [1.29, 1.82) is 0 Å². The Balaban J connectivity index is 1.35. The van der Waals surface area contributed by atoms with Gasteiger partial charge in [-0.05, 0) is 57.9 Å². The number of halogens is 1. The summed E-state index contributed by atoms with van der Waals surface area (Å²) < 4.78 is 26.3. The number of nitrogens with one attached hydrogen (secondary N) is 3. The number of hydrogen-bond acceptors (Lipinski definition) is 10. The van der Waals surface area contributed by atoms with Crippen molar-refractivity contribution >= 4 is 35.0 Å². The fraction of sp³-hybridized carbons (Fsp3) is 0.375. The Morgan fingerprint density at radius 2 is 2.06 bits per heavy atom. The number of hydrogen-bond donors (Lipinski definition) is 4. The van der Waals surface area contributed by atoms with Crippen molar-refractivity contribution in [3.05, 3.63) is 36.3 Å². The number of ether oxygens (including phenoxy) is 2. The average molecular weight is 495 g/mol. The lowest BCUT2D eigenvalue weighted by Crippen LogP contribution is -2.46. The van der Waals surface area contributed by atoms with Crippen molar-refractivity contribution in [2.75, 3.05) is 28.3 Å². The number of nitrogen functional groups attached to an aromatic ring is 1. The third-order valence-electron chi connectivity index (χ3n) is 6.04. The maximum atomic E-state index is 14.9. The lowest BCUT2D eigenvalue weighted by Gasteiger charge is -2.30. The highest BCUT2D eigenvalue weighted by atomic mass is 19.1. The second-order valence-corrected chi connectivity index (χ2v) is 9.25. The minimum atomic E-state index is -1.04. The zero-order chi connectivity index (χ0) is 25.4. The van der Waals surface area contributed by atoms with E-state index in [-0.39, 0.29) is 47.0 Å². The van der Waals surface area contributed by atoms with Crippen molar-refractivity contribution < 1.29 is 18.7 Å². The second kappa shape index (κ2) is 9.19. The number of aromatic nitrogens is 4. The van der Waals surface area contributed by atoms with E-state index in [2.05, 4.69) is 42.8 Å². The number of carbonyl (C=O) groups is 1. The highest BCUT2D eigenvalue weighted by Crippen LogP contribution is 2.35. The standard InChI is InChI=1S/C24H27FN8O3/c1-12(15-5-4-10-35-15)28-17-9-6-13(11-27-17)29-23-31-19(18(25)20(26)32-23)14-7-8-16-21(30-14)33-22(34)24(2,3)36-16/h6-9,11-12,15H,4-5,10H2,1-3H3,(H,27,28)(H,30,33,34)(H3,26,29,31,32)/t12-,15?/m1/s1. The second-order valence-electron chi connectivity index (χ2n) is 9.25. The Morgan fingerprint density at radius 3 is 2.78 bits per heavy atom. The van der Waals surface area contributed by atoms with Gasteiger partial charge in [-0.3, -0.25) is 4.79 Å². The molecule has 12 heteroatoms. The van der Waals surface area contributed by atoms with E-state index >= 15 is 0 Å². The summed E-state index contributed by atoms with van der Waals surface area (Å²) in [5.74, 6) is -0.211. The summed E-state index contributed by atoms with van der Waals surface area (Å²) in [5.41, 5.74) is 5.40. The highest BCUT2D eigenvalue weighted by Gasteiger charge is 2.36. The molecule has 2 atom stereocenters. The van der Waals surface area contributed by atoms with E-state index < -0.39 is 11.4 Å². The molecule has 3 aromatic rings. The number of anilines is 5. The predicted molar refractivity (Wildman–Crippen MR) is 133 cm³/mol. The van der Waals surface area contributed by atoms with Crippen molar-refractivity contribution in [3.63, 3.8) is 0 Å². The summed E-state index contributed by atoms with van der Waals surface area (Å²) in [4.78, 5) is 29.2. The molecule has 0 radical (unpaired) electrons. The molecule has 2 aliphatic rings. The summed E-state index contributed by atoms with van der Waals surface area (Å²) in [7, 11) is 0. The van der Waals surface area contributed by atoms with Gasteiger partial charge in [0.15, 0.2) is 28.8 Å². The number of amides is 1. The average Bonchev–Trinajstić information content (AvgIpc) is 3.38. The zero-order valence-electron chi connectivity index (χ0n) is 20.1. The lowest BCUT2D eigenvalue weighted by atomic mass is 10.1. The smallest absolute Gasteiger partial charge is 0.269 e. The van der Waals surface area contributed by atoms with Crippen molar-refractivity contribution in [3.8, 4) is 17.1 Å². The molecule has 5 rings (SSSR count). The largest absolute Gasteiger partial charge is 0.474 e. The molecule has 1 amide bonds. The summed E-state index contributed by atoms with van der Waals surface area (Å²) >= 11 is 0. The third kappa shape index (κ3) is 4.71. The molecule has 0 aliphatic carbocycles. The molecule has 1 saturated heterocycles. The van der Waals surface area contributed by atoms with E-state index in [1.54, 1.807) is 32.2 Å². The third-order valence-corrected chi connectivity index (χ3v) is 6.04. The Labute approximate surface area is 207 Å². The molecule has 0 spiro atoms. The topological polar surface area (TPSA) is 149 Å². The molecular weight excluding hydrogens is 467 g/mol. The molecule has 0 saturated carbocycles. The van der Waals surface area contributed by atoms with Gasteiger partial charge in [-0.25, -0.2) is 19.3 Å². The van der Waals surface area contributed by atoms with Crippen LogP contribution >= 0.6 is 0 Å². The maximum absolute atomic E-state index is 14.9. The number of carbonyl (C=O) groups excluding carboxylic acids is 1. The summed E-state index contributed by atoms with van der Waals surface area (Å²) in [6.45, 7) is 6.14. The Bertz CT molecular complexity index is 1300. The molecule has 2 aliphatic heterocycles. The van der Waals surface area contributed by atoms with E-state index in [0.29, 0.717) is 17.3 Å². The maximum Gasteiger partial charge on any atom is 0.269 e. The van der Waals surface area contributed by atoms with E-state index in [1.807, 2.05) is 6.07 Å². The van der Waals surface area contributed by atoms with E-state index in [1.165, 1.54) is 6.07 Å². The van der Waals surface area contributed by atoms with Gasteiger partial charge in [0.1, 0.15) is 11.5 Å². The molecule has 5 heterocycles. The van der Waals surface area contributed by atoms with Gasteiger partial charge in [0.2, 0.25) is 5.95 Å². The van der Waals surface area contributed by atoms with Gasteiger partial charge >= 0.3 is 0 Å². The van der Waals surface area contributed by atoms with Crippen LogP contribution in [0.25, 0.3) is 11.4 Å². The number of pyridine rings is 2. The van der Waals surface area contributed by atoms with E-state index in [9.17, 15) is 9.18 Å². The van der Waals surface area contributed by atoms with Crippen LogP contribution in [0.2, 0.25) is 0 Å². The van der Waals surface area contributed by atoms with Gasteiger partial charge in [-0.15, -0.1) is 0 Å². The van der Waals surface area contributed by atoms with Gasteiger partial charge in [0, 0.05) is 6.61 Å². The highest BCUT2D eigenvalue weighted by molar-refractivity contribution is 5.99. The molecule has 36 heavy (non-hydrogen) atoms. The first-order valence-corrected chi connectivity index (χ1v) is 11.7. The SMILES string of the molecule is C[C@@H](Nc1ccc(Nc2nc(N)c(F)c(-c3ccc4c(n3)NC(=O)C(C)(C)O4)n2)cn1)C1CCCO1. The number of rotatable bonds is 6. The van der Waals surface area contributed by atoms with E-state index in [4.69, 9.17) is 15.2 Å². The van der Waals surface area contributed by atoms with Gasteiger partial charge in [-0.2, -0.15) is 4.98 Å². The first kappa shape index (κ1) is 23.7. The summed E-state index contributed by atoms with van der Waals surface area (Å²) in [6, 6.07) is 6.88. The van der Waals surface area contributed by atoms with Crippen LogP contribution in [0, 0.1) is 5.82 Å². The number of fused-ring (bicyclic) bond motifs is 1. The van der Waals surface area contributed by atoms with Crippen LogP contribution < -0.4 is 26.4 Å². The fourth-order valence-electron chi connectivity index (χ4n) is 4.02. The summed E-state index contributed by atoms with van der Waals surface area (Å²) in [6.07, 6.45) is 3.87. The molecule has 11 nitrogen and oxygen atoms in total. The van der Waals surface area contributed by atoms with Crippen LogP contribution in [0.3, 0.4) is 0 Å². The van der Waals surface area contributed by atoms with Gasteiger partial charge in [0.05, 0.1) is 29.7 Å². The molecular formula is C24H27FN8O3. The van der Waals surface area contributed by atoms with Crippen LogP contribution in [0.5, 0.6) is 5.75 Å². The molecule has 188 valence electrons. The number of nitrogens with two attached hydrogens (primary N) is 1. The summed E-state index contributed by atoms with van der Waals surface area (Å²) in [5, 5.41) is 9.01. The van der Waals surface area contributed by atoms with Crippen LogP contribution in [-0.2, 0) is 9.53 Å². The van der Waals surface area contributed by atoms with Crippen LogP contribution in [0.15, 0.2) is 30.5 Å². The Hall–Kier alpha value is -4.06. The number of nitrogens with zero attached hydrogens (tertiary/aromatic N) is 4. The first-order chi connectivity index (χ1) is 17.2. The molecule has 3 aromatic heterocycles. The molecule has 1 fully saturated rings. The van der Waals surface area contributed by atoms with Crippen molar-refractivity contribution in [2.45, 2.75) is 51.4 Å². The van der Waals surface area contributed by atoms with Crippen molar-refractivity contribution in [2.24, 2.45) is 0 Å². The fourth-order valence-corrected chi connectivity index (χ4v) is 4.02. The Morgan fingerprint density at radius 1 is 1.22 bits per heavy atom. The zero-order valence-corrected chi connectivity index (χ0v) is 20.1. The lowest BCUT2D eigenvalue weighted by molar-refractivity contribution is -0.129. The predicted octanol–water partition coefficient (Wildman–Crippen LogP) is 3.49. The molecule has 5 N–H and O–H groups in total. The first-order valence-electron chi connectivity index (χ1n) is 11.7. The van der Waals surface area contributed by atoms with Crippen LogP contribution in [-0.4, -0.2) is 50.2 Å². The molecule has 1 unspecified atom stereocenters. The van der Waals surface area contributed by atoms with E-state index in [0.717, 1.165) is 19.4 Å². The molecule has 0 aromatic carbocycles. The van der Waals surface area contributed by atoms with Crippen LogP contribution in [0.1, 0.15) is 33.6 Å². The minimum Gasteiger partial charge on any atom is -0.474 e. The normalized spacial score (nSPS) is 19.1. The minimum absolute atomic E-state index is 0.0695. The molecule has 0 bridgehead atoms. The van der Waals surface area contributed by atoms with Crippen LogP contribution in [0.4, 0.5) is 33.5 Å². The Kier molecular flexibility index (Phi) is 6.04. The van der Waals surface area contributed by atoms with Gasteiger partial charge < -0.3 is 31.2 Å².